The number of ether oxygens (including phenoxy) is 1. The van der Waals surface area contributed by atoms with Gasteiger partial charge >= 0.3 is 0 Å². The van der Waals surface area contributed by atoms with Gasteiger partial charge in [0.2, 0.25) is 5.78 Å². The van der Waals surface area contributed by atoms with Crippen molar-refractivity contribution in [2.24, 2.45) is 11.8 Å². The van der Waals surface area contributed by atoms with Crippen molar-refractivity contribution in [2.45, 2.75) is 18.4 Å². The minimum absolute atomic E-state index is 0.0427. The minimum Gasteiger partial charge on any atom is -0.506 e. The van der Waals surface area contributed by atoms with E-state index in [0.717, 1.165) is 34.9 Å². The van der Waals surface area contributed by atoms with Gasteiger partial charge in [-0.3, -0.25) is 14.6 Å². The van der Waals surface area contributed by atoms with Gasteiger partial charge in [-0.1, -0.05) is 36.4 Å². The van der Waals surface area contributed by atoms with Gasteiger partial charge in [0, 0.05) is 35.4 Å². The fourth-order valence-electron chi connectivity index (χ4n) is 5.34. The molecule has 2 aromatic carbocycles. The Morgan fingerprint density at radius 2 is 1.77 bits per heavy atom. The minimum atomic E-state index is -1.33. The topological polar surface area (TPSA) is 76.5 Å². The molecule has 2 atom stereocenters. The van der Waals surface area contributed by atoms with Crippen LogP contribution >= 0.6 is 0 Å². The summed E-state index contributed by atoms with van der Waals surface area (Å²) in [6.45, 7) is 0. The molecule has 0 radical (unpaired) electrons. The van der Waals surface area contributed by atoms with Crippen molar-refractivity contribution in [1.29, 1.82) is 0 Å². The van der Waals surface area contributed by atoms with Crippen LogP contribution in [-0.4, -0.2) is 34.4 Å². The molecule has 30 heavy (non-hydrogen) atoms. The first-order chi connectivity index (χ1) is 14.6. The number of hydrogen-bond donors (Lipinski definition) is 1. The second-order valence-corrected chi connectivity index (χ2v) is 8.25. The lowest BCUT2D eigenvalue weighted by Gasteiger charge is -2.52. The first-order valence-electron chi connectivity index (χ1n) is 10.1. The number of aromatic nitrogens is 1. The maximum absolute atomic E-state index is 13.8. The van der Waals surface area contributed by atoms with Crippen LogP contribution in [0.5, 0.6) is 5.75 Å². The Bertz CT molecular complexity index is 1300. The predicted molar refractivity (Wildman–Crippen MR) is 111 cm³/mol. The third-order valence-electron chi connectivity index (χ3n) is 6.77. The van der Waals surface area contributed by atoms with Crippen molar-refractivity contribution in [3.8, 4) is 5.75 Å². The fourth-order valence-corrected chi connectivity index (χ4v) is 5.34. The number of carbonyl (C=O) groups excluding carboxylic acids is 2. The maximum Gasteiger partial charge on any atom is 0.201 e. The standard InChI is InChI=1S/C25H19NO4/c1-30-25-20(14-10-11-18(27)22-15(14)7-4-12-26-22)19(13-8-9-13)21(25)23(28)16-5-2-3-6-17(16)24(25)29/h2-7,10-13,21,27H,8-9H2,1H3. The lowest BCUT2D eigenvalue weighted by molar-refractivity contribution is -0.00290. The van der Waals surface area contributed by atoms with Crippen molar-refractivity contribution in [3.63, 3.8) is 0 Å². The number of carbonyl (C=O) groups is 2. The van der Waals surface area contributed by atoms with Crippen molar-refractivity contribution in [3.05, 3.63) is 77.0 Å². The molecule has 148 valence electrons. The largest absolute Gasteiger partial charge is 0.506 e. The zero-order valence-electron chi connectivity index (χ0n) is 16.4. The van der Waals surface area contributed by atoms with Gasteiger partial charge in [0.05, 0.1) is 5.92 Å². The molecule has 3 aliphatic carbocycles. The summed E-state index contributed by atoms with van der Waals surface area (Å²) < 4.78 is 5.96. The number of fused-ring (bicyclic) bond motifs is 3. The molecule has 5 nitrogen and oxygen atoms in total. The summed E-state index contributed by atoms with van der Waals surface area (Å²) in [6.07, 6.45) is 3.64. The van der Waals surface area contributed by atoms with Crippen LogP contribution in [0.15, 0.2) is 60.3 Å². The predicted octanol–water partition coefficient (Wildman–Crippen LogP) is 4.20. The first kappa shape index (κ1) is 17.5. The van der Waals surface area contributed by atoms with E-state index in [9.17, 15) is 14.7 Å². The van der Waals surface area contributed by atoms with E-state index in [1.54, 1.807) is 42.6 Å². The Morgan fingerprint density at radius 1 is 1.00 bits per heavy atom. The Morgan fingerprint density at radius 3 is 2.50 bits per heavy atom. The van der Waals surface area contributed by atoms with E-state index in [4.69, 9.17) is 4.74 Å². The number of methoxy groups -OCH3 is 1. The van der Waals surface area contributed by atoms with Gasteiger partial charge in [0.1, 0.15) is 11.3 Å². The molecule has 1 aromatic heterocycles. The average molecular weight is 397 g/mol. The molecule has 3 aromatic rings. The molecule has 5 heteroatoms. The first-order valence-corrected chi connectivity index (χ1v) is 10.1. The normalized spacial score (nSPS) is 25.2. The van der Waals surface area contributed by atoms with E-state index in [2.05, 4.69) is 4.98 Å². The van der Waals surface area contributed by atoms with E-state index in [1.165, 1.54) is 7.11 Å². The van der Waals surface area contributed by atoms with Crippen LogP contribution in [0, 0.1) is 11.8 Å². The lowest BCUT2D eigenvalue weighted by Crippen LogP contribution is -2.62. The molecule has 6 rings (SSSR count). The van der Waals surface area contributed by atoms with E-state index < -0.39 is 11.5 Å². The third-order valence-corrected chi connectivity index (χ3v) is 6.77. The van der Waals surface area contributed by atoms with Crippen LogP contribution in [0.4, 0.5) is 0 Å². The Labute approximate surface area is 173 Å². The summed E-state index contributed by atoms with van der Waals surface area (Å²) in [5, 5.41) is 11.1. The number of nitrogens with zero attached hydrogens (tertiary/aromatic N) is 1. The van der Waals surface area contributed by atoms with Crippen LogP contribution < -0.4 is 0 Å². The molecule has 0 amide bonds. The molecule has 1 saturated carbocycles. The van der Waals surface area contributed by atoms with Crippen LogP contribution in [0.3, 0.4) is 0 Å². The van der Waals surface area contributed by atoms with Gasteiger partial charge in [-0.15, -0.1) is 0 Å². The van der Waals surface area contributed by atoms with Crippen LogP contribution in [-0.2, 0) is 4.74 Å². The maximum atomic E-state index is 13.8. The van der Waals surface area contributed by atoms with Gasteiger partial charge < -0.3 is 9.84 Å². The highest BCUT2D eigenvalue weighted by atomic mass is 16.5. The monoisotopic (exact) mass is 397 g/mol. The van der Waals surface area contributed by atoms with E-state index in [0.29, 0.717) is 16.6 Å². The quantitative estimate of drug-likeness (QED) is 0.717. The van der Waals surface area contributed by atoms with Crippen molar-refractivity contribution < 1.29 is 19.4 Å². The van der Waals surface area contributed by atoms with Gasteiger partial charge in [0.15, 0.2) is 11.4 Å². The summed E-state index contributed by atoms with van der Waals surface area (Å²) in [4.78, 5) is 31.6. The lowest BCUT2D eigenvalue weighted by atomic mass is 9.52. The van der Waals surface area contributed by atoms with E-state index in [1.807, 2.05) is 12.1 Å². The Hall–Kier alpha value is -3.31. The number of Topliss-reactive ketones (excluding diaryl/α,β-unsaturated/α-hetero) is 2. The number of phenols is 1. The summed E-state index contributed by atoms with van der Waals surface area (Å²) in [5.74, 6) is -0.431. The molecule has 1 heterocycles. The number of ketones is 2. The number of benzene rings is 2. The molecule has 0 saturated heterocycles. The van der Waals surface area contributed by atoms with Gasteiger partial charge in [-0.2, -0.15) is 0 Å². The van der Waals surface area contributed by atoms with E-state index >= 15 is 0 Å². The summed E-state index contributed by atoms with van der Waals surface area (Å²) in [7, 11) is 1.51. The number of rotatable bonds is 3. The van der Waals surface area contributed by atoms with Crippen molar-refractivity contribution >= 4 is 28.0 Å². The SMILES string of the molecule is COC12C(=O)c3ccccc3C(=O)C1C(C1CC1)=C2c1ccc(O)c2ncccc12. The number of hydrogen-bond acceptors (Lipinski definition) is 5. The Balaban J connectivity index is 1.68. The summed E-state index contributed by atoms with van der Waals surface area (Å²) in [5.41, 5.74) is 2.63. The number of aromatic hydroxyl groups is 1. The number of phenolic OH excluding ortho intramolecular Hbond substituents is 1. The van der Waals surface area contributed by atoms with Crippen molar-refractivity contribution in [1.82, 2.24) is 4.98 Å². The number of pyridine rings is 1. The fraction of sp³-hybridized carbons (Fsp3) is 0.240. The molecule has 3 aliphatic rings. The van der Waals surface area contributed by atoms with Gasteiger partial charge in [-0.05, 0) is 42.0 Å². The van der Waals surface area contributed by atoms with Crippen LogP contribution in [0.2, 0.25) is 0 Å². The molecule has 1 N–H and O–H groups in total. The molecular weight excluding hydrogens is 378 g/mol. The second kappa shape index (κ2) is 5.86. The van der Waals surface area contributed by atoms with Crippen LogP contribution in [0.25, 0.3) is 16.5 Å². The van der Waals surface area contributed by atoms with E-state index in [-0.39, 0.29) is 23.2 Å². The molecule has 0 bridgehead atoms. The second-order valence-electron chi connectivity index (χ2n) is 8.25. The summed E-state index contributed by atoms with van der Waals surface area (Å²) in [6, 6.07) is 14.1. The molecule has 2 unspecified atom stereocenters. The highest BCUT2D eigenvalue weighted by Crippen LogP contribution is 2.63. The highest BCUT2D eigenvalue weighted by molar-refractivity contribution is 6.29. The van der Waals surface area contributed by atoms with Crippen LogP contribution in [0.1, 0.15) is 39.1 Å². The Kier molecular flexibility index (Phi) is 3.43. The van der Waals surface area contributed by atoms with Gasteiger partial charge in [-0.25, -0.2) is 0 Å². The molecule has 0 spiro atoms. The zero-order valence-corrected chi connectivity index (χ0v) is 16.4. The molecule has 0 aliphatic heterocycles. The molecule has 1 fully saturated rings. The summed E-state index contributed by atoms with van der Waals surface area (Å²) >= 11 is 0. The zero-order chi connectivity index (χ0) is 20.6. The third kappa shape index (κ3) is 1.98. The highest BCUT2D eigenvalue weighted by Gasteiger charge is 2.67. The smallest absolute Gasteiger partial charge is 0.201 e. The van der Waals surface area contributed by atoms with Gasteiger partial charge in [0.25, 0.3) is 0 Å². The molecular formula is C25H19NO4. The average Bonchev–Trinajstić information content (AvgIpc) is 3.59. The van der Waals surface area contributed by atoms with Crippen molar-refractivity contribution in [2.75, 3.05) is 7.11 Å².